The first-order chi connectivity index (χ1) is 12.1. The van der Waals surface area contributed by atoms with Crippen molar-refractivity contribution in [1.29, 1.82) is 0 Å². The third-order valence-electron chi connectivity index (χ3n) is 6.18. The summed E-state index contributed by atoms with van der Waals surface area (Å²) >= 11 is 0. The van der Waals surface area contributed by atoms with E-state index in [0.29, 0.717) is 0 Å². The van der Waals surface area contributed by atoms with Crippen LogP contribution in [0.5, 0.6) is 0 Å². The number of benzene rings is 2. The molecule has 2 fully saturated rings. The highest BCUT2D eigenvalue weighted by atomic mass is 35.5. The predicted molar refractivity (Wildman–Crippen MR) is 107 cm³/mol. The van der Waals surface area contributed by atoms with Gasteiger partial charge >= 0.3 is 0 Å². The molecule has 2 aromatic rings. The Labute approximate surface area is 162 Å². The molecule has 1 amide bonds. The van der Waals surface area contributed by atoms with Crippen LogP contribution in [0.15, 0.2) is 60.7 Å². The molecule has 1 saturated carbocycles. The molecule has 138 valence electrons. The molecule has 2 aliphatic rings. The number of hydrogen-bond acceptors (Lipinski definition) is 2. The van der Waals surface area contributed by atoms with Crippen molar-refractivity contribution in [1.82, 2.24) is 10.6 Å². The maximum Gasteiger partial charge on any atom is 0.224 e. The van der Waals surface area contributed by atoms with Gasteiger partial charge < -0.3 is 10.6 Å². The van der Waals surface area contributed by atoms with Gasteiger partial charge in [-0.05, 0) is 55.8 Å². The predicted octanol–water partition coefficient (Wildman–Crippen LogP) is 3.88. The van der Waals surface area contributed by atoms with E-state index >= 15 is 0 Å². The first kappa shape index (κ1) is 18.9. The summed E-state index contributed by atoms with van der Waals surface area (Å²) in [5.74, 6) is 0.374. The Morgan fingerprint density at radius 3 is 2.00 bits per heavy atom. The Hall–Kier alpha value is -1.84. The van der Waals surface area contributed by atoms with E-state index in [1.165, 1.54) is 0 Å². The van der Waals surface area contributed by atoms with E-state index in [1.54, 1.807) is 0 Å². The van der Waals surface area contributed by atoms with Gasteiger partial charge in [-0.15, -0.1) is 12.4 Å². The fraction of sp³-hybridized carbons (Fsp3) is 0.409. The van der Waals surface area contributed by atoms with Crippen LogP contribution in [0.1, 0.15) is 37.3 Å². The number of halogens is 1. The number of nitrogens with one attached hydrogen (secondary N) is 2. The van der Waals surface area contributed by atoms with Crippen molar-refractivity contribution in [2.45, 2.75) is 31.7 Å². The molecule has 0 radical (unpaired) electrons. The van der Waals surface area contributed by atoms with Crippen LogP contribution in [0.25, 0.3) is 0 Å². The first-order valence-corrected chi connectivity index (χ1v) is 9.28. The van der Waals surface area contributed by atoms with Gasteiger partial charge in [0.25, 0.3) is 0 Å². The molecule has 2 N–H and O–H groups in total. The van der Waals surface area contributed by atoms with Gasteiger partial charge in [0.2, 0.25) is 5.91 Å². The molecule has 26 heavy (non-hydrogen) atoms. The lowest BCUT2D eigenvalue weighted by Gasteiger charge is -2.33. The van der Waals surface area contributed by atoms with Crippen molar-refractivity contribution in [3.05, 3.63) is 71.8 Å². The zero-order chi connectivity index (χ0) is 17.3. The van der Waals surface area contributed by atoms with E-state index in [1.807, 2.05) is 36.4 Å². The Bertz CT molecular complexity index is 702. The molecule has 1 unspecified atom stereocenters. The van der Waals surface area contributed by atoms with E-state index in [-0.39, 0.29) is 29.6 Å². The number of piperidine rings is 1. The normalized spacial score (nSPS) is 20.9. The highest BCUT2D eigenvalue weighted by molar-refractivity contribution is 5.85. The molecule has 0 aromatic heterocycles. The molecule has 4 rings (SSSR count). The molecule has 1 saturated heterocycles. The average Bonchev–Trinajstić information content (AvgIpc) is 3.36. The van der Waals surface area contributed by atoms with Crippen LogP contribution < -0.4 is 10.6 Å². The lowest BCUT2D eigenvalue weighted by molar-refractivity contribution is -0.124. The second-order valence-corrected chi connectivity index (χ2v) is 7.72. The van der Waals surface area contributed by atoms with E-state index in [2.05, 4.69) is 41.8 Å². The second kappa shape index (κ2) is 7.42. The van der Waals surface area contributed by atoms with Gasteiger partial charge in [-0.25, -0.2) is 0 Å². The molecule has 1 aliphatic heterocycles. The highest BCUT2D eigenvalue weighted by Crippen LogP contribution is 2.58. The van der Waals surface area contributed by atoms with Crippen molar-refractivity contribution in [3.63, 3.8) is 0 Å². The van der Waals surface area contributed by atoms with Crippen molar-refractivity contribution in [2.24, 2.45) is 11.3 Å². The zero-order valence-corrected chi connectivity index (χ0v) is 16.0. The van der Waals surface area contributed by atoms with Crippen molar-refractivity contribution in [2.75, 3.05) is 13.1 Å². The largest absolute Gasteiger partial charge is 0.342 e. The van der Waals surface area contributed by atoms with Gasteiger partial charge in [-0.1, -0.05) is 60.7 Å². The molecule has 0 bridgehead atoms. The summed E-state index contributed by atoms with van der Waals surface area (Å²) in [6.07, 6.45) is 3.29. The van der Waals surface area contributed by atoms with Crippen LogP contribution in [-0.2, 0) is 10.3 Å². The minimum Gasteiger partial charge on any atom is -0.342 e. The molecular weight excluding hydrogens is 344 g/mol. The van der Waals surface area contributed by atoms with Crippen molar-refractivity contribution < 1.29 is 4.79 Å². The van der Waals surface area contributed by atoms with E-state index in [4.69, 9.17) is 0 Å². The molecule has 1 aliphatic carbocycles. The Balaban J connectivity index is 0.00000196. The van der Waals surface area contributed by atoms with Crippen LogP contribution in [0.4, 0.5) is 0 Å². The SMILES string of the molecule is CC(NC(=O)C1CC12CCNCC2)(c1ccccc1)c1ccccc1.Cl. The smallest absolute Gasteiger partial charge is 0.224 e. The van der Waals surface area contributed by atoms with Gasteiger partial charge in [0.05, 0.1) is 5.54 Å². The van der Waals surface area contributed by atoms with Gasteiger partial charge in [0.15, 0.2) is 0 Å². The van der Waals surface area contributed by atoms with Crippen LogP contribution in [-0.4, -0.2) is 19.0 Å². The van der Waals surface area contributed by atoms with Crippen LogP contribution in [0.2, 0.25) is 0 Å². The van der Waals surface area contributed by atoms with Crippen LogP contribution >= 0.6 is 12.4 Å². The molecule has 3 nitrogen and oxygen atoms in total. The standard InChI is InChI=1S/C22H26N2O.ClH/c1-21(17-8-4-2-5-9-17,18-10-6-3-7-11-18)24-20(25)19-16-22(19)12-14-23-15-13-22;/h2-11,19,23H,12-16H2,1H3,(H,24,25);1H. The topological polar surface area (TPSA) is 41.1 Å². The lowest BCUT2D eigenvalue weighted by Crippen LogP contribution is -2.46. The Morgan fingerprint density at radius 2 is 1.50 bits per heavy atom. The number of carbonyl (C=O) groups excluding carboxylic acids is 1. The van der Waals surface area contributed by atoms with Gasteiger partial charge in [0, 0.05) is 5.92 Å². The quantitative estimate of drug-likeness (QED) is 0.857. The van der Waals surface area contributed by atoms with Gasteiger partial charge in [-0.2, -0.15) is 0 Å². The molecule has 1 heterocycles. The van der Waals surface area contributed by atoms with Gasteiger partial charge in [-0.3, -0.25) is 4.79 Å². The fourth-order valence-corrected chi connectivity index (χ4v) is 4.38. The summed E-state index contributed by atoms with van der Waals surface area (Å²) in [7, 11) is 0. The molecule has 4 heteroatoms. The number of amides is 1. The number of carbonyl (C=O) groups is 1. The summed E-state index contributed by atoms with van der Waals surface area (Å²) in [4.78, 5) is 13.1. The van der Waals surface area contributed by atoms with Gasteiger partial charge in [0.1, 0.15) is 0 Å². The molecule has 2 aromatic carbocycles. The maximum absolute atomic E-state index is 13.1. The minimum absolute atomic E-state index is 0. The lowest BCUT2D eigenvalue weighted by atomic mass is 9.84. The highest BCUT2D eigenvalue weighted by Gasteiger charge is 2.58. The third-order valence-corrected chi connectivity index (χ3v) is 6.18. The number of hydrogen-bond donors (Lipinski definition) is 2. The molecular formula is C22H27ClN2O. The molecule has 1 spiro atoms. The minimum atomic E-state index is -0.504. The van der Waals surface area contributed by atoms with E-state index in [9.17, 15) is 4.79 Å². The summed E-state index contributed by atoms with van der Waals surface area (Å²) in [6, 6.07) is 20.6. The summed E-state index contributed by atoms with van der Waals surface area (Å²) in [5.41, 5.74) is 1.99. The Kier molecular flexibility index (Phi) is 5.40. The first-order valence-electron chi connectivity index (χ1n) is 9.28. The van der Waals surface area contributed by atoms with E-state index < -0.39 is 5.54 Å². The van der Waals surface area contributed by atoms with Crippen LogP contribution in [0, 0.1) is 11.3 Å². The summed E-state index contributed by atoms with van der Waals surface area (Å²) < 4.78 is 0. The maximum atomic E-state index is 13.1. The van der Waals surface area contributed by atoms with Crippen molar-refractivity contribution in [3.8, 4) is 0 Å². The summed E-state index contributed by atoms with van der Waals surface area (Å²) in [5, 5.41) is 6.81. The fourth-order valence-electron chi connectivity index (χ4n) is 4.38. The Morgan fingerprint density at radius 1 is 1.00 bits per heavy atom. The van der Waals surface area contributed by atoms with E-state index in [0.717, 1.165) is 43.5 Å². The molecule has 1 atom stereocenters. The third kappa shape index (κ3) is 3.38. The van der Waals surface area contributed by atoms with Crippen molar-refractivity contribution >= 4 is 18.3 Å². The average molecular weight is 371 g/mol. The zero-order valence-electron chi connectivity index (χ0n) is 15.2. The summed E-state index contributed by atoms with van der Waals surface area (Å²) in [6.45, 7) is 4.20. The monoisotopic (exact) mass is 370 g/mol. The second-order valence-electron chi connectivity index (χ2n) is 7.72. The van der Waals surface area contributed by atoms with Crippen LogP contribution in [0.3, 0.4) is 0 Å². The number of rotatable bonds is 4.